The van der Waals surface area contributed by atoms with Crippen molar-refractivity contribution in [2.45, 2.75) is 0 Å². The van der Waals surface area contributed by atoms with Crippen LogP contribution in [0.15, 0.2) is 197 Å². The van der Waals surface area contributed by atoms with Crippen molar-refractivity contribution < 1.29 is 8.83 Å². The maximum Gasteiger partial charge on any atom is 0.160 e. The predicted molar refractivity (Wildman–Crippen MR) is 212 cm³/mol. The van der Waals surface area contributed by atoms with E-state index >= 15 is 0 Å². The van der Waals surface area contributed by atoms with E-state index in [2.05, 4.69) is 169 Å². The van der Waals surface area contributed by atoms with Crippen LogP contribution in [0.25, 0.3) is 77.3 Å². The van der Waals surface area contributed by atoms with Gasteiger partial charge in [-0.3, -0.25) is 0 Å². The summed E-state index contributed by atoms with van der Waals surface area (Å²) in [4.78, 5) is 2.32. The summed E-state index contributed by atoms with van der Waals surface area (Å²) < 4.78 is 13.4. The number of rotatable bonds is 6. The van der Waals surface area contributed by atoms with Crippen LogP contribution in [0.5, 0.6) is 0 Å². The number of fused-ring (bicyclic) bond motifs is 7. The van der Waals surface area contributed by atoms with Crippen LogP contribution in [0.4, 0.5) is 17.1 Å². The van der Waals surface area contributed by atoms with Crippen molar-refractivity contribution >= 4 is 60.9 Å². The monoisotopic (exact) mass is 653 g/mol. The van der Waals surface area contributed by atoms with Crippen LogP contribution in [-0.2, 0) is 0 Å². The number of nitrogens with zero attached hydrogens (tertiary/aromatic N) is 1. The average molecular weight is 654 g/mol. The topological polar surface area (TPSA) is 29.5 Å². The molecular weight excluding hydrogens is 623 g/mol. The second-order valence-corrected chi connectivity index (χ2v) is 12.9. The van der Waals surface area contributed by atoms with Crippen molar-refractivity contribution in [3.8, 4) is 33.4 Å². The van der Waals surface area contributed by atoms with E-state index in [4.69, 9.17) is 8.83 Å². The van der Waals surface area contributed by atoms with E-state index < -0.39 is 0 Å². The zero-order chi connectivity index (χ0) is 33.7. The summed E-state index contributed by atoms with van der Waals surface area (Å²) in [6.07, 6.45) is 0. The Kier molecular flexibility index (Phi) is 6.81. The molecule has 0 saturated carbocycles. The molecule has 10 aromatic rings. The smallest absolute Gasteiger partial charge is 0.160 e. The first-order valence-electron chi connectivity index (χ1n) is 17.3. The fraction of sp³-hybridized carbons (Fsp3) is 0. The molecule has 0 N–H and O–H groups in total. The molecule has 0 saturated heterocycles. The van der Waals surface area contributed by atoms with Crippen LogP contribution in [0, 0.1) is 0 Å². The predicted octanol–water partition coefficient (Wildman–Crippen LogP) is 14.0. The Labute approximate surface area is 295 Å². The second kappa shape index (κ2) is 11.9. The number of furan rings is 2. The Hall–Kier alpha value is -6.84. The molecule has 0 atom stereocenters. The highest BCUT2D eigenvalue weighted by atomic mass is 16.3. The van der Waals surface area contributed by atoms with Crippen LogP contribution in [0.3, 0.4) is 0 Å². The normalized spacial score (nSPS) is 11.5. The summed E-state index contributed by atoms with van der Waals surface area (Å²) in [6.45, 7) is 0. The van der Waals surface area contributed by atoms with Gasteiger partial charge in [0.25, 0.3) is 0 Å². The lowest BCUT2D eigenvalue weighted by Gasteiger charge is -2.28. The van der Waals surface area contributed by atoms with Crippen LogP contribution in [0.1, 0.15) is 0 Å². The molecular formula is C48H31NO2. The minimum Gasteiger partial charge on any atom is -0.456 e. The first-order valence-corrected chi connectivity index (χ1v) is 17.3. The minimum absolute atomic E-state index is 0.818. The summed E-state index contributed by atoms with van der Waals surface area (Å²) in [5, 5.41) is 4.27. The van der Waals surface area contributed by atoms with E-state index in [1.54, 1.807) is 0 Å². The molecule has 0 aliphatic carbocycles. The number of hydrogen-bond acceptors (Lipinski definition) is 3. The highest BCUT2D eigenvalue weighted by Gasteiger charge is 2.26. The minimum atomic E-state index is 0.818. The number of hydrogen-bond donors (Lipinski definition) is 0. The first-order chi connectivity index (χ1) is 25.3. The lowest BCUT2D eigenvalue weighted by atomic mass is 9.99. The Morgan fingerprint density at radius 2 is 0.824 bits per heavy atom. The highest BCUT2D eigenvalue weighted by Crippen LogP contribution is 2.49. The van der Waals surface area contributed by atoms with Crippen molar-refractivity contribution in [1.82, 2.24) is 0 Å². The molecule has 2 heterocycles. The standard InChI is InChI=1S/C48H31NO2/c1-3-13-32(14-4-1)33-23-25-34(26-24-33)35-27-29-37(30-28-35)49(41-20-10-7-17-38(41)36-15-5-2-6-16-36)42-31-45-46(39-18-8-11-21-43(39)50-45)47-40-19-9-12-22-44(40)51-48(42)47/h1-31H. The molecule has 0 aliphatic rings. The van der Waals surface area contributed by atoms with Gasteiger partial charge in [0.2, 0.25) is 0 Å². The van der Waals surface area contributed by atoms with E-state index in [-0.39, 0.29) is 0 Å². The first kappa shape index (κ1) is 29.1. The van der Waals surface area contributed by atoms with Gasteiger partial charge in [-0.05, 0) is 58.1 Å². The lowest BCUT2D eigenvalue weighted by Crippen LogP contribution is -2.11. The third-order valence-corrected chi connectivity index (χ3v) is 9.89. The van der Waals surface area contributed by atoms with E-state index in [1.807, 2.05) is 24.3 Å². The quantitative estimate of drug-likeness (QED) is 0.179. The molecule has 51 heavy (non-hydrogen) atoms. The maximum absolute atomic E-state index is 6.84. The van der Waals surface area contributed by atoms with Crippen molar-refractivity contribution in [2.24, 2.45) is 0 Å². The maximum atomic E-state index is 6.84. The molecule has 0 aliphatic heterocycles. The second-order valence-electron chi connectivity index (χ2n) is 12.9. The SMILES string of the molecule is c1ccc(-c2ccc(-c3ccc(N(c4ccccc4-c4ccccc4)c4cc5oc6ccccc6c5c5c4oc4ccccc45)cc3)cc2)cc1. The zero-order valence-corrected chi connectivity index (χ0v) is 27.7. The van der Waals surface area contributed by atoms with E-state index in [0.717, 1.165) is 77.6 Å². The molecule has 10 rings (SSSR count). The van der Waals surface area contributed by atoms with Gasteiger partial charge in [0.05, 0.1) is 11.4 Å². The largest absolute Gasteiger partial charge is 0.456 e. The van der Waals surface area contributed by atoms with Gasteiger partial charge in [0.15, 0.2) is 5.58 Å². The molecule has 3 heteroatoms. The number of anilines is 3. The van der Waals surface area contributed by atoms with Crippen molar-refractivity contribution in [2.75, 3.05) is 4.90 Å². The third-order valence-electron chi connectivity index (χ3n) is 9.89. The lowest BCUT2D eigenvalue weighted by molar-refractivity contribution is 0.663. The van der Waals surface area contributed by atoms with Crippen LogP contribution < -0.4 is 4.90 Å². The molecule has 3 nitrogen and oxygen atoms in total. The Morgan fingerprint density at radius 1 is 0.333 bits per heavy atom. The van der Waals surface area contributed by atoms with Gasteiger partial charge >= 0.3 is 0 Å². The number of benzene rings is 8. The summed E-state index contributed by atoms with van der Waals surface area (Å²) >= 11 is 0. The van der Waals surface area contributed by atoms with Crippen molar-refractivity contribution in [3.63, 3.8) is 0 Å². The summed E-state index contributed by atoms with van der Waals surface area (Å²) in [7, 11) is 0. The van der Waals surface area contributed by atoms with Gasteiger partial charge < -0.3 is 13.7 Å². The Morgan fingerprint density at radius 3 is 1.49 bits per heavy atom. The Bertz CT molecular complexity index is 2830. The van der Waals surface area contributed by atoms with Crippen molar-refractivity contribution in [3.05, 3.63) is 188 Å². The fourth-order valence-corrected chi connectivity index (χ4v) is 7.48. The Balaban J connectivity index is 1.20. The van der Waals surface area contributed by atoms with Gasteiger partial charge in [-0.1, -0.05) is 152 Å². The van der Waals surface area contributed by atoms with Gasteiger partial charge in [-0.2, -0.15) is 0 Å². The number of para-hydroxylation sites is 3. The van der Waals surface area contributed by atoms with Crippen LogP contribution in [0.2, 0.25) is 0 Å². The molecule has 0 fully saturated rings. The molecule has 8 aromatic carbocycles. The highest BCUT2D eigenvalue weighted by molar-refractivity contribution is 6.28. The molecule has 0 radical (unpaired) electrons. The third kappa shape index (κ3) is 4.90. The molecule has 2 aromatic heterocycles. The van der Waals surface area contributed by atoms with Crippen molar-refractivity contribution in [1.29, 1.82) is 0 Å². The molecule has 0 amide bonds. The van der Waals surface area contributed by atoms with Crippen LogP contribution in [-0.4, -0.2) is 0 Å². The van der Waals surface area contributed by atoms with Gasteiger partial charge in [0.1, 0.15) is 16.7 Å². The molecule has 0 spiro atoms. The summed E-state index contributed by atoms with van der Waals surface area (Å²) in [6, 6.07) is 66.0. The molecule has 240 valence electrons. The summed E-state index contributed by atoms with van der Waals surface area (Å²) in [5.74, 6) is 0. The fourth-order valence-electron chi connectivity index (χ4n) is 7.48. The zero-order valence-electron chi connectivity index (χ0n) is 27.7. The molecule has 0 bridgehead atoms. The molecule has 0 unspecified atom stereocenters. The van der Waals surface area contributed by atoms with Gasteiger partial charge in [0, 0.05) is 38.9 Å². The van der Waals surface area contributed by atoms with Gasteiger partial charge in [-0.25, -0.2) is 0 Å². The van der Waals surface area contributed by atoms with Crippen LogP contribution >= 0.6 is 0 Å². The van der Waals surface area contributed by atoms with E-state index in [1.165, 1.54) is 16.7 Å². The van der Waals surface area contributed by atoms with Gasteiger partial charge in [-0.15, -0.1) is 0 Å². The van der Waals surface area contributed by atoms with E-state index in [0.29, 0.717) is 0 Å². The average Bonchev–Trinajstić information content (AvgIpc) is 3.78. The van der Waals surface area contributed by atoms with E-state index in [9.17, 15) is 0 Å². The summed E-state index contributed by atoms with van der Waals surface area (Å²) in [5.41, 5.74) is 13.3.